The van der Waals surface area contributed by atoms with Crippen LogP contribution in [0, 0.1) is 0 Å². The predicted octanol–water partition coefficient (Wildman–Crippen LogP) is 3.89. The number of aromatic nitrogens is 2. The number of likely N-dealkylation sites (tertiary alicyclic amines) is 1. The molecule has 3 amide bonds. The molecular weight excluding hydrogens is 448 g/mol. The Morgan fingerprint density at radius 2 is 2.12 bits per heavy atom. The highest BCUT2D eigenvalue weighted by atomic mass is 32.2. The van der Waals surface area contributed by atoms with Gasteiger partial charge in [0, 0.05) is 25.4 Å². The maximum atomic E-state index is 11.7. The van der Waals surface area contributed by atoms with Crippen LogP contribution >= 0.6 is 11.8 Å². The number of imide groups is 1. The number of carbonyl (C=O) groups is 3. The zero-order chi connectivity index (χ0) is 23.4. The normalized spacial score (nSPS) is 21.7. The van der Waals surface area contributed by atoms with E-state index < -0.39 is 17.2 Å². The summed E-state index contributed by atoms with van der Waals surface area (Å²) < 4.78 is 11.8. The van der Waals surface area contributed by atoms with Crippen LogP contribution in [-0.2, 0) is 4.79 Å². The first-order valence-corrected chi connectivity index (χ1v) is 11.2. The molecule has 0 radical (unpaired) electrons. The number of hydrogen-bond donors (Lipinski definition) is 2. The molecule has 4 rings (SSSR count). The Bertz CT molecular complexity index is 1110. The molecule has 2 aliphatic heterocycles. The minimum absolute atomic E-state index is 0.0916. The van der Waals surface area contributed by atoms with E-state index in [2.05, 4.69) is 15.3 Å². The molecule has 3 heterocycles. The van der Waals surface area contributed by atoms with Gasteiger partial charge in [-0.3, -0.25) is 14.9 Å². The van der Waals surface area contributed by atoms with Crippen molar-refractivity contribution in [2.75, 3.05) is 6.54 Å². The number of rotatable bonds is 6. The van der Waals surface area contributed by atoms with Crippen LogP contribution in [0.25, 0.3) is 6.08 Å². The minimum atomic E-state index is -0.908. The number of piperidine rings is 1. The van der Waals surface area contributed by atoms with Crippen LogP contribution in [0.3, 0.4) is 0 Å². The average Bonchev–Trinajstić information content (AvgIpc) is 3.10. The number of carbonyl (C=O) groups excluding carboxylic acids is 2. The molecule has 172 valence electrons. The molecular formula is C22H22N4O6S. The smallest absolute Gasteiger partial charge is 0.407 e. The van der Waals surface area contributed by atoms with Crippen molar-refractivity contribution >= 4 is 35.1 Å². The van der Waals surface area contributed by atoms with Crippen molar-refractivity contribution in [3.8, 4) is 17.5 Å². The molecule has 2 N–H and O–H groups in total. The second-order valence-electron chi connectivity index (χ2n) is 7.52. The van der Waals surface area contributed by atoms with Crippen molar-refractivity contribution in [3.63, 3.8) is 0 Å². The Morgan fingerprint density at radius 1 is 1.30 bits per heavy atom. The number of benzene rings is 1. The lowest BCUT2D eigenvalue weighted by atomic mass is 9.98. The quantitative estimate of drug-likeness (QED) is 0.604. The number of amides is 3. The number of carboxylic acid groups (broad SMARTS) is 1. The molecule has 2 saturated heterocycles. The average molecular weight is 471 g/mol. The second-order valence-corrected chi connectivity index (χ2v) is 8.54. The van der Waals surface area contributed by atoms with E-state index in [-0.39, 0.29) is 18.0 Å². The van der Waals surface area contributed by atoms with E-state index >= 15 is 0 Å². The molecule has 10 nitrogen and oxygen atoms in total. The van der Waals surface area contributed by atoms with Crippen LogP contribution in [0.15, 0.2) is 41.6 Å². The highest BCUT2D eigenvalue weighted by molar-refractivity contribution is 8.18. The SMILES string of the molecule is CCC1CC(Oc2cc(Oc3cccc(/C=C4\SC(=O)NC4=O)c3)ncn2)CCN1C(=O)O. The fourth-order valence-electron chi connectivity index (χ4n) is 3.73. The van der Waals surface area contributed by atoms with E-state index in [1.165, 1.54) is 11.2 Å². The van der Waals surface area contributed by atoms with E-state index in [4.69, 9.17) is 9.47 Å². The van der Waals surface area contributed by atoms with E-state index in [0.29, 0.717) is 47.9 Å². The molecule has 11 heteroatoms. The van der Waals surface area contributed by atoms with Gasteiger partial charge in [0.05, 0.1) is 11.0 Å². The van der Waals surface area contributed by atoms with Crippen LogP contribution in [0.1, 0.15) is 31.7 Å². The van der Waals surface area contributed by atoms with Crippen LogP contribution in [-0.4, -0.2) is 55.9 Å². The number of thioether (sulfide) groups is 1. The van der Waals surface area contributed by atoms with Crippen LogP contribution in [0.4, 0.5) is 9.59 Å². The monoisotopic (exact) mass is 470 g/mol. The van der Waals surface area contributed by atoms with Gasteiger partial charge in [-0.1, -0.05) is 19.1 Å². The van der Waals surface area contributed by atoms with Gasteiger partial charge in [-0.05, 0) is 42.0 Å². The van der Waals surface area contributed by atoms with Crippen molar-refractivity contribution in [2.45, 2.75) is 38.3 Å². The molecule has 2 fully saturated rings. The summed E-state index contributed by atoms with van der Waals surface area (Å²) in [5.74, 6) is 0.695. The van der Waals surface area contributed by atoms with Crippen molar-refractivity contribution in [1.82, 2.24) is 20.2 Å². The van der Waals surface area contributed by atoms with Gasteiger partial charge in [-0.25, -0.2) is 14.8 Å². The third-order valence-corrected chi connectivity index (χ3v) is 6.12. The summed E-state index contributed by atoms with van der Waals surface area (Å²) in [6.07, 6.45) is 3.77. The first-order valence-electron chi connectivity index (χ1n) is 10.4. The van der Waals surface area contributed by atoms with Gasteiger partial charge in [-0.15, -0.1) is 0 Å². The van der Waals surface area contributed by atoms with Gasteiger partial charge in [0.25, 0.3) is 11.1 Å². The Labute approximate surface area is 194 Å². The summed E-state index contributed by atoms with van der Waals surface area (Å²) in [6.45, 7) is 2.37. The fourth-order valence-corrected chi connectivity index (χ4v) is 4.42. The van der Waals surface area contributed by atoms with Crippen LogP contribution in [0.2, 0.25) is 0 Å². The highest BCUT2D eigenvalue weighted by Crippen LogP contribution is 2.29. The molecule has 1 aromatic heterocycles. The van der Waals surface area contributed by atoms with Gasteiger partial charge in [0.15, 0.2) is 0 Å². The molecule has 2 atom stereocenters. The lowest BCUT2D eigenvalue weighted by Crippen LogP contribution is -2.48. The molecule has 2 unspecified atom stereocenters. The molecule has 0 aliphatic carbocycles. The van der Waals surface area contributed by atoms with Gasteiger partial charge in [0.2, 0.25) is 11.8 Å². The summed E-state index contributed by atoms with van der Waals surface area (Å²) in [5, 5.41) is 11.1. The zero-order valence-corrected chi connectivity index (χ0v) is 18.6. The minimum Gasteiger partial charge on any atom is -0.474 e. The Hall–Kier alpha value is -3.60. The van der Waals surface area contributed by atoms with Gasteiger partial charge in [-0.2, -0.15) is 0 Å². The fraction of sp³-hybridized carbons (Fsp3) is 0.318. The summed E-state index contributed by atoms with van der Waals surface area (Å²) in [5.41, 5.74) is 0.696. The Balaban J connectivity index is 1.42. The lowest BCUT2D eigenvalue weighted by molar-refractivity contribution is -0.115. The standard InChI is InChI=1S/C22H22N4O6S/c1-2-14-10-16(6-7-26(14)22(29)30)32-19-11-18(23-12-24-19)31-15-5-3-4-13(8-15)9-17-20(27)25-21(28)33-17/h3-5,8-9,11-12,14,16H,2,6-7,10H2,1H3,(H,29,30)(H,25,27,28)/b17-9-. The van der Waals surface area contributed by atoms with E-state index in [9.17, 15) is 19.5 Å². The summed E-state index contributed by atoms with van der Waals surface area (Å²) in [7, 11) is 0. The largest absolute Gasteiger partial charge is 0.474 e. The van der Waals surface area contributed by atoms with Crippen molar-refractivity contribution in [3.05, 3.63) is 47.1 Å². The van der Waals surface area contributed by atoms with Crippen molar-refractivity contribution < 1.29 is 29.0 Å². The molecule has 0 saturated carbocycles. The summed E-state index contributed by atoms with van der Waals surface area (Å²) in [4.78, 5) is 44.5. The van der Waals surface area contributed by atoms with Gasteiger partial charge >= 0.3 is 6.09 Å². The number of ether oxygens (including phenoxy) is 2. The van der Waals surface area contributed by atoms with E-state index in [1.807, 2.05) is 6.92 Å². The summed E-state index contributed by atoms with van der Waals surface area (Å²) in [6, 6.07) is 8.50. The summed E-state index contributed by atoms with van der Waals surface area (Å²) >= 11 is 0.848. The molecule has 0 bridgehead atoms. The van der Waals surface area contributed by atoms with Crippen LogP contribution < -0.4 is 14.8 Å². The Kier molecular flexibility index (Phi) is 6.78. The molecule has 0 spiro atoms. The Morgan fingerprint density at radius 3 is 2.85 bits per heavy atom. The molecule has 2 aromatic rings. The van der Waals surface area contributed by atoms with Crippen LogP contribution in [0.5, 0.6) is 17.5 Å². The van der Waals surface area contributed by atoms with Gasteiger partial charge < -0.3 is 19.5 Å². The molecule has 33 heavy (non-hydrogen) atoms. The lowest BCUT2D eigenvalue weighted by Gasteiger charge is -2.37. The molecule has 1 aromatic carbocycles. The third-order valence-electron chi connectivity index (χ3n) is 5.31. The first kappa shape index (κ1) is 22.6. The molecule has 2 aliphatic rings. The predicted molar refractivity (Wildman–Crippen MR) is 120 cm³/mol. The highest BCUT2D eigenvalue weighted by Gasteiger charge is 2.31. The van der Waals surface area contributed by atoms with Crippen molar-refractivity contribution in [1.29, 1.82) is 0 Å². The maximum Gasteiger partial charge on any atom is 0.407 e. The topological polar surface area (TPSA) is 131 Å². The zero-order valence-electron chi connectivity index (χ0n) is 17.8. The van der Waals surface area contributed by atoms with Gasteiger partial charge in [0.1, 0.15) is 18.2 Å². The van der Waals surface area contributed by atoms with Crippen molar-refractivity contribution in [2.24, 2.45) is 0 Å². The number of nitrogens with one attached hydrogen (secondary N) is 1. The number of nitrogens with zero attached hydrogens (tertiary/aromatic N) is 3. The van der Waals surface area contributed by atoms with E-state index in [1.54, 1.807) is 36.4 Å². The number of hydrogen-bond acceptors (Lipinski definition) is 8. The third kappa shape index (κ3) is 5.61. The second kappa shape index (κ2) is 9.90. The first-order chi connectivity index (χ1) is 15.9. The maximum absolute atomic E-state index is 11.7. The van der Waals surface area contributed by atoms with E-state index in [0.717, 1.165) is 11.8 Å².